The Bertz CT molecular complexity index is 1200. The first-order valence-electron chi connectivity index (χ1n) is 11.5. The molecule has 8 nitrogen and oxygen atoms in total. The molecule has 0 bridgehead atoms. The minimum absolute atomic E-state index is 0.0628. The largest absolute Gasteiger partial charge is 0.493 e. The Balaban J connectivity index is 1.44. The molecular formula is C27H28N4O4S. The summed E-state index contributed by atoms with van der Waals surface area (Å²) >= 11 is 5.11. The predicted molar refractivity (Wildman–Crippen MR) is 143 cm³/mol. The molecule has 0 fully saturated rings. The van der Waals surface area contributed by atoms with E-state index in [1.165, 1.54) is 5.56 Å². The second-order valence-corrected chi connectivity index (χ2v) is 8.26. The molecule has 0 saturated carbocycles. The van der Waals surface area contributed by atoms with Gasteiger partial charge in [0.15, 0.2) is 5.11 Å². The summed E-state index contributed by atoms with van der Waals surface area (Å²) in [6.45, 7) is 2.40. The van der Waals surface area contributed by atoms with Crippen molar-refractivity contribution in [1.29, 1.82) is 0 Å². The Morgan fingerprint density at radius 2 is 1.58 bits per heavy atom. The Morgan fingerprint density at radius 3 is 2.31 bits per heavy atom. The summed E-state index contributed by atoms with van der Waals surface area (Å²) in [6, 6.07) is 23.2. The molecule has 0 spiro atoms. The van der Waals surface area contributed by atoms with Crippen LogP contribution in [0.2, 0.25) is 0 Å². The minimum Gasteiger partial charge on any atom is -0.493 e. The van der Waals surface area contributed by atoms with E-state index in [2.05, 4.69) is 21.5 Å². The Morgan fingerprint density at radius 1 is 0.833 bits per heavy atom. The van der Waals surface area contributed by atoms with Gasteiger partial charge in [-0.2, -0.15) is 0 Å². The van der Waals surface area contributed by atoms with Crippen molar-refractivity contribution in [1.82, 2.24) is 16.2 Å². The maximum Gasteiger partial charge on any atom is 0.269 e. The third kappa shape index (κ3) is 8.52. The van der Waals surface area contributed by atoms with Crippen molar-refractivity contribution in [2.45, 2.75) is 26.2 Å². The second kappa shape index (κ2) is 13.6. The quantitative estimate of drug-likeness (QED) is 0.259. The zero-order valence-electron chi connectivity index (χ0n) is 19.9. The first-order valence-corrected chi connectivity index (χ1v) is 11.9. The minimum atomic E-state index is -0.452. The van der Waals surface area contributed by atoms with E-state index in [-0.39, 0.29) is 11.0 Å². The molecule has 0 unspecified atom stereocenters. The fourth-order valence-corrected chi connectivity index (χ4v) is 3.35. The lowest BCUT2D eigenvalue weighted by Gasteiger charge is -2.12. The van der Waals surface area contributed by atoms with Crippen molar-refractivity contribution in [2.24, 2.45) is 0 Å². The second-order valence-electron chi connectivity index (χ2n) is 7.85. The van der Waals surface area contributed by atoms with Gasteiger partial charge in [0.25, 0.3) is 11.8 Å². The van der Waals surface area contributed by atoms with E-state index in [0.29, 0.717) is 35.6 Å². The number of amides is 3. The standard InChI is InChI=1S/C27H28N4O4S/c1-2-7-24(32)28-22-14-12-20(13-15-22)26(34)30-31-27(36)29-25(33)21-10-6-11-23(18-21)35-17-16-19-8-4-3-5-9-19/h3-6,8-15,18H,2,7,16-17H2,1H3,(H,28,32)(H,30,34)(H2,29,31,33,36). The molecular weight excluding hydrogens is 476 g/mol. The SMILES string of the molecule is CCCC(=O)Nc1ccc(C(=O)NNC(=S)NC(=O)c2cccc(OCCc3ccccc3)c2)cc1. The van der Waals surface area contributed by atoms with Crippen LogP contribution < -0.4 is 26.2 Å². The highest BCUT2D eigenvalue weighted by molar-refractivity contribution is 7.80. The lowest BCUT2D eigenvalue weighted by molar-refractivity contribution is -0.116. The molecule has 3 rings (SSSR count). The zero-order valence-corrected chi connectivity index (χ0v) is 20.7. The summed E-state index contributed by atoms with van der Waals surface area (Å²) in [7, 11) is 0. The smallest absolute Gasteiger partial charge is 0.269 e. The predicted octanol–water partition coefficient (Wildman–Crippen LogP) is 4.00. The van der Waals surface area contributed by atoms with Crippen molar-refractivity contribution in [2.75, 3.05) is 11.9 Å². The molecule has 0 aliphatic carbocycles. The van der Waals surface area contributed by atoms with E-state index in [1.807, 2.05) is 37.3 Å². The lowest BCUT2D eigenvalue weighted by Crippen LogP contribution is -2.48. The highest BCUT2D eigenvalue weighted by Crippen LogP contribution is 2.14. The van der Waals surface area contributed by atoms with Crippen molar-refractivity contribution in [3.8, 4) is 5.75 Å². The third-order valence-corrected chi connectivity index (χ3v) is 5.23. The van der Waals surface area contributed by atoms with Crippen LogP contribution in [-0.2, 0) is 11.2 Å². The molecule has 4 N–H and O–H groups in total. The van der Waals surface area contributed by atoms with Gasteiger partial charge in [0.2, 0.25) is 5.91 Å². The fourth-order valence-electron chi connectivity index (χ4n) is 3.21. The Hall–Kier alpha value is -4.24. The van der Waals surface area contributed by atoms with Crippen LogP contribution in [0.3, 0.4) is 0 Å². The van der Waals surface area contributed by atoms with Crippen molar-refractivity contribution in [3.05, 3.63) is 95.6 Å². The number of ether oxygens (including phenoxy) is 1. The zero-order chi connectivity index (χ0) is 25.8. The number of hydrogen-bond donors (Lipinski definition) is 4. The number of anilines is 1. The van der Waals surface area contributed by atoms with Crippen LogP contribution >= 0.6 is 12.2 Å². The molecule has 0 heterocycles. The number of benzene rings is 3. The summed E-state index contributed by atoms with van der Waals surface area (Å²) < 4.78 is 5.77. The highest BCUT2D eigenvalue weighted by Gasteiger charge is 2.11. The molecule has 0 saturated heterocycles. The lowest BCUT2D eigenvalue weighted by atomic mass is 10.2. The van der Waals surface area contributed by atoms with Crippen molar-refractivity contribution < 1.29 is 19.1 Å². The van der Waals surface area contributed by atoms with Crippen molar-refractivity contribution in [3.63, 3.8) is 0 Å². The summed E-state index contributed by atoms with van der Waals surface area (Å²) in [5, 5.41) is 5.21. The average Bonchev–Trinajstić information content (AvgIpc) is 2.88. The molecule has 0 radical (unpaired) electrons. The number of hydrazine groups is 1. The van der Waals surface area contributed by atoms with Crippen LogP contribution in [0.4, 0.5) is 5.69 Å². The van der Waals surface area contributed by atoms with Crippen LogP contribution in [0.1, 0.15) is 46.0 Å². The van der Waals surface area contributed by atoms with Crippen LogP contribution in [0.15, 0.2) is 78.9 Å². The van der Waals surface area contributed by atoms with Gasteiger partial charge >= 0.3 is 0 Å². The average molecular weight is 505 g/mol. The first kappa shape index (κ1) is 26.4. The van der Waals surface area contributed by atoms with Gasteiger partial charge in [0, 0.05) is 29.7 Å². The number of nitrogens with one attached hydrogen (secondary N) is 4. The van der Waals surface area contributed by atoms with E-state index in [0.717, 1.165) is 12.8 Å². The number of carbonyl (C=O) groups excluding carboxylic acids is 3. The number of thiocarbonyl (C=S) groups is 1. The molecule has 0 aromatic heterocycles. The van der Waals surface area contributed by atoms with Crippen LogP contribution in [0, 0.1) is 0 Å². The maximum atomic E-state index is 12.5. The van der Waals surface area contributed by atoms with Gasteiger partial charge in [-0.05, 0) is 66.7 Å². The van der Waals surface area contributed by atoms with Gasteiger partial charge < -0.3 is 10.1 Å². The van der Waals surface area contributed by atoms with Gasteiger partial charge in [0.1, 0.15) is 5.75 Å². The van der Waals surface area contributed by atoms with Crippen LogP contribution in [-0.4, -0.2) is 29.4 Å². The molecule has 3 aromatic rings. The third-order valence-electron chi connectivity index (χ3n) is 5.02. The molecule has 3 aromatic carbocycles. The normalized spacial score (nSPS) is 10.1. The summed E-state index contributed by atoms with van der Waals surface area (Å²) in [5.41, 5.74) is 7.43. The van der Waals surface area contributed by atoms with Gasteiger partial charge in [-0.1, -0.05) is 43.3 Å². The summed E-state index contributed by atoms with van der Waals surface area (Å²) in [4.78, 5) is 36.5. The van der Waals surface area contributed by atoms with Gasteiger partial charge in [-0.15, -0.1) is 0 Å². The van der Waals surface area contributed by atoms with Crippen molar-refractivity contribution >= 4 is 40.7 Å². The van der Waals surface area contributed by atoms with Gasteiger partial charge in [-0.25, -0.2) is 0 Å². The fraction of sp³-hybridized carbons (Fsp3) is 0.185. The number of hydrogen-bond acceptors (Lipinski definition) is 5. The Kier molecular flexibility index (Phi) is 9.96. The summed E-state index contributed by atoms with van der Waals surface area (Å²) in [5.74, 6) is -0.406. The topological polar surface area (TPSA) is 109 Å². The molecule has 9 heteroatoms. The van der Waals surface area contributed by atoms with Gasteiger partial charge in [0.05, 0.1) is 6.61 Å². The Labute approximate surface area is 215 Å². The van der Waals surface area contributed by atoms with Gasteiger partial charge in [-0.3, -0.25) is 30.6 Å². The number of rotatable bonds is 9. The molecule has 186 valence electrons. The first-order chi connectivity index (χ1) is 17.4. The summed E-state index contributed by atoms with van der Waals surface area (Å²) in [6.07, 6.45) is 1.94. The van der Waals surface area contributed by atoms with E-state index in [4.69, 9.17) is 17.0 Å². The monoisotopic (exact) mass is 504 g/mol. The molecule has 36 heavy (non-hydrogen) atoms. The molecule has 0 aliphatic rings. The molecule has 3 amide bonds. The van der Waals surface area contributed by atoms with E-state index in [1.54, 1.807) is 48.5 Å². The van der Waals surface area contributed by atoms with E-state index < -0.39 is 11.8 Å². The van der Waals surface area contributed by atoms with E-state index in [9.17, 15) is 14.4 Å². The van der Waals surface area contributed by atoms with Crippen LogP contribution in [0.5, 0.6) is 5.75 Å². The molecule has 0 atom stereocenters. The van der Waals surface area contributed by atoms with Crippen LogP contribution in [0.25, 0.3) is 0 Å². The highest BCUT2D eigenvalue weighted by atomic mass is 32.1. The maximum absolute atomic E-state index is 12.5. The van der Waals surface area contributed by atoms with E-state index >= 15 is 0 Å². The molecule has 0 aliphatic heterocycles. The number of carbonyl (C=O) groups is 3.